The van der Waals surface area contributed by atoms with Crippen LogP contribution in [0.4, 0.5) is 11.6 Å². The van der Waals surface area contributed by atoms with Crippen LogP contribution in [0.5, 0.6) is 0 Å². The molecule has 3 aliphatic rings. The molecule has 0 spiro atoms. The molecule has 0 aromatic carbocycles. The lowest BCUT2D eigenvalue weighted by molar-refractivity contribution is 0.309. The molecule has 0 saturated carbocycles. The van der Waals surface area contributed by atoms with Crippen LogP contribution in [0.2, 0.25) is 0 Å². The summed E-state index contributed by atoms with van der Waals surface area (Å²) in [5, 5.41) is 9.92. The Morgan fingerprint density at radius 2 is 1.48 bits per heavy atom. The first-order valence-electron chi connectivity index (χ1n) is 9.50. The van der Waals surface area contributed by atoms with E-state index in [1.807, 2.05) is 0 Å². The summed E-state index contributed by atoms with van der Waals surface area (Å²) in [5.74, 6) is 2.08. The molecule has 0 bridgehead atoms. The van der Waals surface area contributed by atoms with Crippen LogP contribution in [-0.2, 0) is 13.0 Å². The molecule has 3 aliphatic heterocycles. The molecule has 0 unspecified atom stereocenters. The van der Waals surface area contributed by atoms with Crippen molar-refractivity contribution in [2.45, 2.75) is 25.8 Å². The summed E-state index contributed by atoms with van der Waals surface area (Å²) < 4.78 is 0. The fourth-order valence-electron chi connectivity index (χ4n) is 4.29. The van der Waals surface area contributed by atoms with E-state index in [-0.39, 0.29) is 0 Å². The van der Waals surface area contributed by atoms with Gasteiger partial charge in [0.1, 0.15) is 17.7 Å². The fraction of sp³-hybridized carbons (Fsp3) is 0.684. The minimum Gasteiger partial charge on any atom is -0.356 e. The van der Waals surface area contributed by atoms with Gasteiger partial charge in [-0.15, -0.1) is 0 Å². The van der Waals surface area contributed by atoms with Crippen LogP contribution in [0.25, 0.3) is 0 Å². The first-order chi connectivity index (χ1) is 12.2. The molecule has 6 nitrogen and oxygen atoms in total. The number of aromatic nitrogens is 1. The highest BCUT2D eigenvalue weighted by atomic mass is 15.3. The average Bonchev–Trinajstić information content (AvgIpc) is 3.15. The summed E-state index contributed by atoms with van der Waals surface area (Å²) in [4.78, 5) is 14.6. The molecule has 1 aromatic rings. The minimum atomic E-state index is 0.829. The SMILES string of the molecule is CN1CCN(c2nc(N3CCCC3)c3c(c2C#N)CCN(C)C3)CC1. The molecule has 0 aliphatic carbocycles. The summed E-state index contributed by atoms with van der Waals surface area (Å²) in [6, 6.07) is 2.51. The van der Waals surface area contributed by atoms with Crippen molar-refractivity contribution in [2.24, 2.45) is 0 Å². The summed E-state index contributed by atoms with van der Waals surface area (Å²) in [5.41, 5.74) is 3.38. The lowest BCUT2D eigenvalue weighted by atomic mass is 9.95. The van der Waals surface area contributed by atoms with Crippen LogP contribution in [0.1, 0.15) is 29.5 Å². The van der Waals surface area contributed by atoms with Crippen LogP contribution < -0.4 is 9.80 Å². The Labute approximate surface area is 150 Å². The van der Waals surface area contributed by atoms with Gasteiger partial charge in [-0.1, -0.05) is 0 Å². The van der Waals surface area contributed by atoms with Crippen molar-refractivity contribution in [2.75, 3.05) is 69.7 Å². The van der Waals surface area contributed by atoms with Crippen molar-refractivity contribution >= 4 is 11.6 Å². The number of anilines is 2. The fourth-order valence-corrected chi connectivity index (χ4v) is 4.29. The van der Waals surface area contributed by atoms with Crippen molar-refractivity contribution in [3.05, 3.63) is 16.7 Å². The highest BCUT2D eigenvalue weighted by Crippen LogP contribution is 2.36. The van der Waals surface area contributed by atoms with E-state index in [2.05, 4.69) is 39.8 Å². The molecule has 2 saturated heterocycles. The van der Waals surface area contributed by atoms with Gasteiger partial charge in [0.2, 0.25) is 0 Å². The van der Waals surface area contributed by atoms with Gasteiger partial charge >= 0.3 is 0 Å². The second-order valence-electron chi connectivity index (χ2n) is 7.68. The molecule has 2 fully saturated rings. The van der Waals surface area contributed by atoms with Crippen molar-refractivity contribution in [3.8, 4) is 6.07 Å². The van der Waals surface area contributed by atoms with Gasteiger partial charge in [0.25, 0.3) is 0 Å². The number of piperazine rings is 1. The number of nitriles is 1. The largest absolute Gasteiger partial charge is 0.356 e. The van der Waals surface area contributed by atoms with Crippen LogP contribution in [0.15, 0.2) is 0 Å². The molecule has 6 heteroatoms. The molecule has 0 radical (unpaired) electrons. The monoisotopic (exact) mass is 340 g/mol. The normalized spacial score (nSPS) is 22.1. The summed E-state index contributed by atoms with van der Waals surface area (Å²) in [6.45, 7) is 8.09. The molecule has 134 valence electrons. The first-order valence-corrected chi connectivity index (χ1v) is 9.50. The Bertz CT molecular complexity index is 680. The van der Waals surface area contributed by atoms with E-state index < -0.39 is 0 Å². The molecule has 1 aromatic heterocycles. The Morgan fingerprint density at radius 3 is 2.16 bits per heavy atom. The van der Waals surface area contributed by atoms with Gasteiger partial charge in [0, 0.05) is 57.9 Å². The summed E-state index contributed by atoms with van der Waals surface area (Å²) >= 11 is 0. The van der Waals surface area contributed by atoms with Gasteiger partial charge in [-0.05, 0) is 38.9 Å². The van der Waals surface area contributed by atoms with Crippen molar-refractivity contribution in [1.82, 2.24) is 14.8 Å². The zero-order valence-electron chi connectivity index (χ0n) is 15.5. The van der Waals surface area contributed by atoms with Crippen LogP contribution in [0, 0.1) is 11.3 Å². The maximum Gasteiger partial charge on any atom is 0.149 e. The van der Waals surface area contributed by atoms with E-state index in [9.17, 15) is 5.26 Å². The molecule has 0 atom stereocenters. The zero-order chi connectivity index (χ0) is 17.4. The predicted octanol–water partition coefficient (Wildman–Crippen LogP) is 1.29. The van der Waals surface area contributed by atoms with E-state index in [1.54, 1.807) is 0 Å². The molecule has 4 heterocycles. The minimum absolute atomic E-state index is 0.829. The van der Waals surface area contributed by atoms with Crippen molar-refractivity contribution in [1.29, 1.82) is 5.26 Å². The highest BCUT2D eigenvalue weighted by Gasteiger charge is 2.30. The number of rotatable bonds is 2. The Balaban J connectivity index is 1.80. The van der Waals surface area contributed by atoms with Crippen molar-refractivity contribution < 1.29 is 0 Å². The van der Waals surface area contributed by atoms with Gasteiger partial charge in [-0.25, -0.2) is 4.98 Å². The standard InChI is InChI=1S/C19H28N6/c1-22-9-11-25(12-10-22)18-16(13-20)15-5-8-23(2)14-17(15)19(21-18)24-6-3-4-7-24/h3-12,14H2,1-2H3. The third kappa shape index (κ3) is 3.07. The Morgan fingerprint density at radius 1 is 0.800 bits per heavy atom. The molecule has 0 N–H and O–H groups in total. The van der Waals surface area contributed by atoms with Crippen LogP contribution in [-0.4, -0.2) is 74.7 Å². The van der Waals surface area contributed by atoms with Gasteiger partial charge in [0.05, 0.1) is 5.56 Å². The van der Waals surface area contributed by atoms with Crippen LogP contribution >= 0.6 is 0 Å². The summed E-state index contributed by atoms with van der Waals surface area (Å²) in [6.07, 6.45) is 3.45. The highest BCUT2D eigenvalue weighted by molar-refractivity contribution is 5.68. The number of nitrogens with zero attached hydrogens (tertiary/aromatic N) is 6. The lowest BCUT2D eigenvalue weighted by Crippen LogP contribution is -2.45. The van der Waals surface area contributed by atoms with Gasteiger partial charge < -0.3 is 19.6 Å². The van der Waals surface area contributed by atoms with Crippen LogP contribution in [0.3, 0.4) is 0 Å². The lowest BCUT2D eigenvalue weighted by Gasteiger charge is -2.36. The van der Waals surface area contributed by atoms with E-state index in [0.29, 0.717) is 0 Å². The van der Waals surface area contributed by atoms with E-state index >= 15 is 0 Å². The number of likely N-dealkylation sites (N-methyl/N-ethyl adjacent to an activating group) is 2. The van der Waals surface area contributed by atoms with E-state index in [0.717, 1.165) is 76.0 Å². The average molecular weight is 340 g/mol. The first kappa shape index (κ1) is 16.6. The maximum absolute atomic E-state index is 9.92. The molecular formula is C19H28N6. The van der Waals surface area contributed by atoms with E-state index in [4.69, 9.17) is 4.98 Å². The summed E-state index contributed by atoms with van der Waals surface area (Å²) in [7, 11) is 4.32. The predicted molar refractivity (Wildman–Crippen MR) is 100 cm³/mol. The number of hydrogen-bond acceptors (Lipinski definition) is 6. The van der Waals surface area contributed by atoms with Gasteiger partial charge in [-0.3, -0.25) is 0 Å². The number of fused-ring (bicyclic) bond motifs is 1. The number of hydrogen-bond donors (Lipinski definition) is 0. The third-order valence-corrected chi connectivity index (χ3v) is 5.86. The Kier molecular flexibility index (Phi) is 4.53. The molecule has 4 rings (SSSR count). The smallest absolute Gasteiger partial charge is 0.149 e. The van der Waals surface area contributed by atoms with Gasteiger partial charge in [-0.2, -0.15) is 5.26 Å². The van der Waals surface area contributed by atoms with Crippen molar-refractivity contribution in [3.63, 3.8) is 0 Å². The van der Waals surface area contributed by atoms with E-state index in [1.165, 1.54) is 24.0 Å². The third-order valence-electron chi connectivity index (χ3n) is 5.86. The quantitative estimate of drug-likeness (QED) is 0.809. The number of pyridine rings is 1. The second kappa shape index (κ2) is 6.81. The second-order valence-corrected chi connectivity index (χ2v) is 7.68. The molecular weight excluding hydrogens is 312 g/mol. The topological polar surface area (TPSA) is 49.6 Å². The Hall–Kier alpha value is -1.84. The van der Waals surface area contributed by atoms with Gasteiger partial charge in [0.15, 0.2) is 0 Å². The molecule has 0 amide bonds. The molecule has 25 heavy (non-hydrogen) atoms. The zero-order valence-corrected chi connectivity index (χ0v) is 15.5. The maximum atomic E-state index is 9.92.